The summed E-state index contributed by atoms with van der Waals surface area (Å²) in [6.07, 6.45) is 4.10. The van der Waals surface area contributed by atoms with E-state index in [1.165, 1.54) is 6.26 Å². The predicted octanol–water partition coefficient (Wildman–Crippen LogP) is 2.49. The number of sulfone groups is 1. The van der Waals surface area contributed by atoms with Crippen molar-refractivity contribution in [1.29, 1.82) is 0 Å². The maximum Gasteiger partial charge on any atom is 0.175 e. The van der Waals surface area contributed by atoms with Crippen molar-refractivity contribution in [2.75, 3.05) is 6.26 Å². The van der Waals surface area contributed by atoms with Gasteiger partial charge in [-0.25, -0.2) is 8.42 Å². The van der Waals surface area contributed by atoms with Gasteiger partial charge in [0.2, 0.25) is 0 Å². The lowest BCUT2D eigenvalue weighted by Crippen LogP contribution is -2.30. The minimum atomic E-state index is -3.13. The summed E-state index contributed by atoms with van der Waals surface area (Å²) in [6, 6.07) is 6.88. The molecule has 0 radical (unpaired) electrons. The Morgan fingerprint density at radius 2 is 1.94 bits per heavy atom. The zero-order valence-corrected chi connectivity index (χ0v) is 12.2. The number of aliphatic hydroxyl groups is 1. The number of hydrogen-bond acceptors (Lipinski definition) is 4. The van der Waals surface area contributed by atoms with Crippen LogP contribution in [0, 0.1) is 0 Å². The molecular formula is C13H18O3S2. The molecule has 0 saturated heterocycles. The SMILES string of the molecule is CC1(O)CCCC1Sc1ccc(S(C)(=O)=O)cc1. The predicted molar refractivity (Wildman–Crippen MR) is 73.7 cm³/mol. The van der Waals surface area contributed by atoms with Crippen LogP contribution in [0.1, 0.15) is 26.2 Å². The average Bonchev–Trinajstić information content (AvgIpc) is 2.58. The molecule has 0 aromatic heterocycles. The molecule has 18 heavy (non-hydrogen) atoms. The van der Waals surface area contributed by atoms with Gasteiger partial charge in [-0.15, -0.1) is 11.8 Å². The Balaban J connectivity index is 2.12. The Kier molecular flexibility index (Phi) is 3.76. The molecule has 2 atom stereocenters. The van der Waals surface area contributed by atoms with E-state index in [1.54, 1.807) is 23.9 Å². The molecule has 2 unspecified atom stereocenters. The van der Waals surface area contributed by atoms with Gasteiger partial charge in [0.05, 0.1) is 10.5 Å². The van der Waals surface area contributed by atoms with Gasteiger partial charge in [-0.2, -0.15) is 0 Å². The van der Waals surface area contributed by atoms with Gasteiger partial charge in [-0.1, -0.05) is 0 Å². The van der Waals surface area contributed by atoms with Crippen molar-refractivity contribution in [2.45, 2.75) is 46.8 Å². The normalized spacial score (nSPS) is 28.5. The van der Waals surface area contributed by atoms with E-state index < -0.39 is 15.4 Å². The smallest absolute Gasteiger partial charge is 0.175 e. The lowest BCUT2D eigenvalue weighted by Gasteiger charge is -2.24. The topological polar surface area (TPSA) is 54.4 Å². The van der Waals surface area contributed by atoms with Crippen LogP contribution in [-0.4, -0.2) is 30.6 Å². The Bertz CT molecular complexity index is 518. The fourth-order valence-electron chi connectivity index (χ4n) is 2.23. The molecule has 0 spiro atoms. The second kappa shape index (κ2) is 4.87. The summed E-state index contributed by atoms with van der Waals surface area (Å²) in [5.74, 6) is 0. The maximum atomic E-state index is 11.3. The minimum absolute atomic E-state index is 0.196. The van der Waals surface area contributed by atoms with Crippen LogP contribution in [0.5, 0.6) is 0 Å². The van der Waals surface area contributed by atoms with E-state index in [-0.39, 0.29) is 5.25 Å². The van der Waals surface area contributed by atoms with Crippen molar-refractivity contribution in [3.63, 3.8) is 0 Å². The summed E-state index contributed by atoms with van der Waals surface area (Å²) in [7, 11) is -3.13. The minimum Gasteiger partial charge on any atom is -0.389 e. The first kappa shape index (κ1) is 13.9. The molecule has 5 heteroatoms. The molecule has 3 nitrogen and oxygen atoms in total. The summed E-state index contributed by atoms with van der Waals surface area (Å²) >= 11 is 1.63. The van der Waals surface area contributed by atoms with Crippen molar-refractivity contribution in [3.05, 3.63) is 24.3 Å². The van der Waals surface area contributed by atoms with Crippen molar-refractivity contribution in [2.24, 2.45) is 0 Å². The summed E-state index contributed by atoms with van der Waals surface area (Å²) in [5.41, 5.74) is -0.611. The summed E-state index contributed by atoms with van der Waals surface area (Å²) in [4.78, 5) is 1.35. The molecule has 1 aliphatic rings. The molecule has 1 aliphatic carbocycles. The highest BCUT2D eigenvalue weighted by atomic mass is 32.2. The van der Waals surface area contributed by atoms with E-state index >= 15 is 0 Å². The van der Waals surface area contributed by atoms with Gasteiger partial charge in [0.1, 0.15) is 0 Å². The Hall–Kier alpha value is -0.520. The molecule has 1 N–H and O–H groups in total. The molecule has 1 aromatic rings. The zero-order chi connectivity index (χ0) is 13.4. The van der Waals surface area contributed by atoms with Crippen molar-refractivity contribution in [3.8, 4) is 0 Å². The van der Waals surface area contributed by atoms with Gasteiger partial charge >= 0.3 is 0 Å². The maximum absolute atomic E-state index is 11.3. The van der Waals surface area contributed by atoms with Gasteiger partial charge in [0.15, 0.2) is 9.84 Å². The molecule has 2 rings (SSSR count). The molecule has 0 bridgehead atoms. The standard InChI is InChI=1S/C13H18O3S2/c1-13(14)9-3-4-12(13)17-10-5-7-11(8-6-10)18(2,15)16/h5-8,12,14H,3-4,9H2,1-2H3. The van der Waals surface area contributed by atoms with Crippen LogP contribution in [0.2, 0.25) is 0 Å². The lowest BCUT2D eigenvalue weighted by atomic mass is 10.1. The first-order chi connectivity index (χ1) is 8.29. The highest BCUT2D eigenvalue weighted by molar-refractivity contribution is 8.00. The molecule has 1 aromatic carbocycles. The van der Waals surface area contributed by atoms with Gasteiger partial charge in [0, 0.05) is 16.4 Å². The van der Waals surface area contributed by atoms with E-state index in [1.807, 2.05) is 19.1 Å². The number of benzene rings is 1. The van der Waals surface area contributed by atoms with Gasteiger partial charge in [-0.05, 0) is 50.5 Å². The lowest BCUT2D eigenvalue weighted by molar-refractivity contribution is 0.0734. The summed E-state index contributed by atoms with van der Waals surface area (Å²) < 4.78 is 22.7. The molecule has 0 heterocycles. The summed E-state index contributed by atoms with van der Waals surface area (Å²) in [6.45, 7) is 1.88. The van der Waals surface area contributed by atoms with E-state index in [4.69, 9.17) is 0 Å². The van der Waals surface area contributed by atoms with Crippen LogP contribution in [0.4, 0.5) is 0 Å². The third-order valence-corrected chi connectivity index (χ3v) is 6.07. The quantitative estimate of drug-likeness (QED) is 0.927. The van der Waals surface area contributed by atoms with E-state index in [2.05, 4.69) is 0 Å². The van der Waals surface area contributed by atoms with Crippen molar-refractivity contribution >= 4 is 21.6 Å². The van der Waals surface area contributed by atoms with Crippen LogP contribution in [0.25, 0.3) is 0 Å². The second-order valence-electron chi connectivity index (χ2n) is 5.10. The van der Waals surface area contributed by atoms with Crippen molar-refractivity contribution in [1.82, 2.24) is 0 Å². The first-order valence-electron chi connectivity index (χ1n) is 5.98. The second-order valence-corrected chi connectivity index (χ2v) is 8.39. The van der Waals surface area contributed by atoms with Crippen molar-refractivity contribution < 1.29 is 13.5 Å². The molecule has 100 valence electrons. The highest BCUT2D eigenvalue weighted by Gasteiger charge is 2.37. The first-order valence-corrected chi connectivity index (χ1v) is 8.75. The highest BCUT2D eigenvalue weighted by Crippen LogP contribution is 2.41. The molecule has 1 fully saturated rings. The number of rotatable bonds is 3. The van der Waals surface area contributed by atoms with E-state index in [9.17, 15) is 13.5 Å². The van der Waals surface area contributed by atoms with E-state index in [0.29, 0.717) is 4.90 Å². The average molecular weight is 286 g/mol. The Morgan fingerprint density at radius 1 is 1.33 bits per heavy atom. The zero-order valence-electron chi connectivity index (χ0n) is 10.6. The number of hydrogen-bond donors (Lipinski definition) is 1. The largest absolute Gasteiger partial charge is 0.389 e. The monoisotopic (exact) mass is 286 g/mol. The van der Waals surface area contributed by atoms with Crippen LogP contribution in [0.15, 0.2) is 34.1 Å². The van der Waals surface area contributed by atoms with Gasteiger partial charge < -0.3 is 5.11 Å². The summed E-state index contributed by atoms with van der Waals surface area (Å²) in [5, 5.41) is 10.4. The van der Waals surface area contributed by atoms with Crippen LogP contribution >= 0.6 is 11.8 Å². The number of thioether (sulfide) groups is 1. The van der Waals surface area contributed by atoms with E-state index in [0.717, 1.165) is 24.2 Å². The van der Waals surface area contributed by atoms with Gasteiger partial charge in [-0.3, -0.25) is 0 Å². The fraction of sp³-hybridized carbons (Fsp3) is 0.538. The van der Waals surface area contributed by atoms with Gasteiger partial charge in [0.25, 0.3) is 0 Å². The molecule has 0 amide bonds. The van der Waals surface area contributed by atoms with Crippen LogP contribution < -0.4 is 0 Å². The molecular weight excluding hydrogens is 268 g/mol. The molecule has 1 saturated carbocycles. The molecule has 0 aliphatic heterocycles. The van der Waals surface area contributed by atoms with Crippen LogP contribution in [-0.2, 0) is 9.84 Å². The third-order valence-electron chi connectivity index (χ3n) is 3.37. The van der Waals surface area contributed by atoms with Crippen LogP contribution in [0.3, 0.4) is 0 Å². The third kappa shape index (κ3) is 3.08. The Morgan fingerprint density at radius 3 is 2.39 bits per heavy atom. The fourth-order valence-corrected chi connectivity index (χ4v) is 4.14. The Labute approximate surface area is 113 Å².